The van der Waals surface area contributed by atoms with E-state index in [1.54, 1.807) is 0 Å². The summed E-state index contributed by atoms with van der Waals surface area (Å²) in [6.07, 6.45) is 35.0. The highest BCUT2D eigenvalue weighted by molar-refractivity contribution is 7.47. The van der Waals surface area contributed by atoms with Crippen LogP contribution in [0.3, 0.4) is 0 Å². The van der Waals surface area contributed by atoms with Gasteiger partial charge in [0.15, 0.2) is 6.04 Å². The van der Waals surface area contributed by atoms with Gasteiger partial charge in [0.25, 0.3) is 0 Å². The Bertz CT molecular complexity index is 989. The zero-order valence-corrected chi connectivity index (χ0v) is 33.5. The molecule has 0 aliphatic carbocycles. The molecular weight excluding hydrogens is 685 g/mol. The first-order valence-corrected chi connectivity index (χ1v) is 21.9. The van der Waals surface area contributed by atoms with Gasteiger partial charge in [-0.25, -0.2) is 9.36 Å². The van der Waals surface area contributed by atoms with Gasteiger partial charge in [-0.2, -0.15) is 0 Å². The first kappa shape index (κ1) is 50.0. The molecular formula is C40H74NO10P. The summed E-state index contributed by atoms with van der Waals surface area (Å²) < 4.78 is 26.7. The standard InChI is InChI=1S/C40H74NO10P/c1-3-5-7-9-11-13-15-16-17-18-19-20-22-24-26-28-30-32-39(44)49-33-36(42)34-50-52(47,48)51-35-37(40(45)46)41-38(43)31-29-27-25-23-21-14-12-10-8-6-4-2/h10,12,16-17,36-37,42H,3-9,11,13-15,18-35H2,1-2H3,(H,41,43)(H,45,46)(H,47,48)/b12-10-,17-16-. The van der Waals surface area contributed by atoms with E-state index < -0.39 is 57.6 Å². The third kappa shape index (κ3) is 35.0. The van der Waals surface area contributed by atoms with Crippen LogP contribution >= 0.6 is 7.82 Å². The van der Waals surface area contributed by atoms with Crippen molar-refractivity contribution >= 4 is 25.7 Å². The molecule has 0 radical (unpaired) electrons. The number of carboxylic acids is 1. The first-order chi connectivity index (χ1) is 25.1. The zero-order chi connectivity index (χ0) is 38.5. The van der Waals surface area contributed by atoms with Crippen molar-refractivity contribution in [3.63, 3.8) is 0 Å². The van der Waals surface area contributed by atoms with E-state index >= 15 is 0 Å². The molecule has 1 amide bonds. The van der Waals surface area contributed by atoms with E-state index in [1.807, 2.05) is 0 Å². The lowest BCUT2D eigenvalue weighted by Crippen LogP contribution is -2.43. The number of allylic oxidation sites excluding steroid dienone is 4. The monoisotopic (exact) mass is 760 g/mol. The second-order valence-corrected chi connectivity index (χ2v) is 15.3. The molecule has 0 heterocycles. The quantitative estimate of drug-likeness (QED) is 0.0206. The summed E-state index contributed by atoms with van der Waals surface area (Å²) in [5.74, 6) is -2.39. The molecule has 12 heteroatoms. The number of hydrogen-bond donors (Lipinski definition) is 4. The fourth-order valence-corrected chi connectivity index (χ4v) is 6.24. The number of phosphoric acid groups is 1. The summed E-state index contributed by atoms with van der Waals surface area (Å²) in [6.45, 7) is 2.52. The minimum absolute atomic E-state index is 0.135. The van der Waals surface area contributed by atoms with Crippen LogP contribution in [0.2, 0.25) is 0 Å². The number of carbonyl (C=O) groups is 3. The molecule has 0 aliphatic rings. The Labute approximate surface area is 315 Å². The maximum atomic E-state index is 12.2. The second kappa shape index (κ2) is 36.0. The maximum absolute atomic E-state index is 12.2. The molecule has 52 heavy (non-hydrogen) atoms. The largest absolute Gasteiger partial charge is 0.480 e. The molecule has 3 atom stereocenters. The fraction of sp³-hybridized carbons (Fsp3) is 0.825. The number of aliphatic hydroxyl groups excluding tert-OH is 1. The van der Waals surface area contributed by atoms with Gasteiger partial charge in [-0.05, 0) is 57.8 Å². The number of carboxylic acid groups (broad SMARTS) is 1. The van der Waals surface area contributed by atoms with Crippen molar-refractivity contribution in [2.24, 2.45) is 0 Å². The van der Waals surface area contributed by atoms with Gasteiger partial charge in [-0.15, -0.1) is 0 Å². The molecule has 0 rings (SSSR count). The summed E-state index contributed by atoms with van der Waals surface area (Å²) in [5, 5.41) is 21.7. The number of amides is 1. The lowest BCUT2D eigenvalue weighted by Gasteiger charge is -2.18. The summed E-state index contributed by atoms with van der Waals surface area (Å²) in [5.41, 5.74) is 0. The molecule has 0 aromatic heterocycles. The average molecular weight is 760 g/mol. The van der Waals surface area contributed by atoms with Gasteiger partial charge in [-0.1, -0.05) is 134 Å². The van der Waals surface area contributed by atoms with Gasteiger partial charge in [-0.3, -0.25) is 18.6 Å². The molecule has 0 bridgehead atoms. The number of esters is 1. The molecule has 4 N–H and O–H groups in total. The van der Waals surface area contributed by atoms with E-state index in [0.717, 1.165) is 64.2 Å². The molecule has 0 saturated heterocycles. The van der Waals surface area contributed by atoms with Crippen molar-refractivity contribution in [1.29, 1.82) is 0 Å². The van der Waals surface area contributed by atoms with Crippen LogP contribution < -0.4 is 5.32 Å². The minimum atomic E-state index is -4.75. The molecule has 0 aliphatic heterocycles. The van der Waals surface area contributed by atoms with Crippen molar-refractivity contribution in [2.45, 2.75) is 193 Å². The fourth-order valence-electron chi connectivity index (χ4n) is 5.47. The van der Waals surface area contributed by atoms with Gasteiger partial charge < -0.3 is 25.2 Å². The first-order valence-electron chi connectivity index (χ1n) is 20.4. The molecule has 11 nitrogen and oxygen atoms in total. The smallest absolute Gasteiger partial charge is 0.472 e. The number of carbonyl (C=O) groups excluding carboxylic acids is 2. The molecule has 0 saturated carbocycles. The summed E-state index contributed by atoms with van der Waals surface area (Å²) in [6, 6.07) is -1.55. The Kier molecular flexibility index (Phi) is 34.6. The number of ether oxygens (including phenoxy) is 1. The zero-order valence-electron chi connectivity index (χ0n) is 32.6. The van der Waals surface area contributed by atoms with Crippen LogP contribution in [0.4, 0.5) is 0 Å². The van der Waals surface area contributed by atoms with Crippen LogP contribution in [0, 0.1) is 0 Å². The van der Waals surface area contributed by atoms with Crippen molar-refractivity contribution in [2.75, 3.05) is 19.8 Å². The van der Waals surface area contributed by atoms with Crippen LogP contribution in [-0.2, 0) is 32.7 Å². The molecule has 0 fully saturated rings. The SMILES string of the molecule is CCCC/C=C\CCCCCCCC(=O)NC(COP(=O)(O)OCC(O)COC(=O)CCCCCCCCC/C=C\CCCCCCCC)C(=O)O. The topological polar surface area (TPSA) is 169 Å². The number of phosphoric ester groups is 1. The highest BCUT2D eigenvalue weighted by Gasteiger charge is 2.28. The second-order valence-electron chi connectivity index (χ2n) is 13.8. The summed E-state index contributed by atoms with van der Waals surface area (Å²) >= 11 is 0. The van der Waals surface area contributed by atoms with Crippen molar-refractivity contribution in [1.82, 2.24) is 5.32 Å². The van der Waals surface area contributed by atoms with E-state index in [-0.39, 0.29) is 12.8 Å². The molecule has 0 spiro atoms. The highest BCUT2D eigenvalue weighted by atomic mass is 31.2. The Morgan fingerprint density at radius 2 is 1.02 bits per heavy atom. The number of aliphatic hydroxyl groups is 1. The third-order valence-electron chi connectivity index (χ3n) is 8.71. The normalized spacial score (nSPS) is 14.1. The van der Waals surface area contributed by atoms with Gasteiger partial charge in [0.1, 0.15) is 12.7 Å². The molecule has 0 aromatic rings. The molecule has 3 unspecified atom stereocenters. The van der Waals surface area contributed by atoms with E-state index in [1.165, 1.54) is 77.0 Å². The highest BCUT2D eigenvalue weighted by Crippen LogP contribution is 2.43. The van der Waals surface area contributed by atoms with Gasteiger partial charge in [0, 0.05) is 12.8 Å². The lowest BCUT2D eigenvalue weighted by molar-refractivity contribution is -0.147. The molecule has 0 aromatic carbocycles. The third-order valence-corrected chi connectivity index (χ3v) is 9.66. The van der Waals surface area contributed by atoms with Crippen LogP contribution in [-0.4, -0.2) is 64.9 Å². The maximum Gasteiger partial charge on any atom is 0.472 e. The lowest BCUT2D eigenvalue weighted by atomic mass is 10.1. The predicted molar refractivity (Wildman–Crippen MR) is 208 cm³/mol. The van der Waals surface area contributed by atoms with Crippen molar-refractivity contribution in [3.8, 4) is 0 Å². The Hall–Kier alpha value is -2.04. The van der Waals surface area contributed by atoms with Crippen LogP contribution in [0.15, 0.2) is 24.3 Å². The van der Waals surface area contributed by atoms with Gasteiger partial charge in [0.2, 0.25) is 5.91 Å². The van der Waals surface area contributed by atoms with Gasteiger partial charge in [0.05, 0.1) is 13.2 Å². The number of hydrogen-bond acceptors (Lipinski definition) is 8. The van der Waals surface area contributed by atoms with Crippen LogP contribution in [0.25, 0.3) is 0 Å². The molecule has 304 valence electrons. The summed E-state index contributed by atoms with van der Waals surface area (Å²) in [4.78, 5) is 45.7. The minimum Gasteiger partial charge on any atom is -0.480 e. The van der Waals surface area contributed by atoms with E-state index in [9.17, 15) is 34.1 Å². The van der Waals surface area contributed by atoms with Crippen LogP contribution in [0.5, 0.6) is 0 Å². The van der Waals surface area contributed by atoms with Crippen molar-refractivity contribution in [3.05, 3.63) is 24.3 Å². The van der Waals surface area contributed by atoms with Gasteiger partial charge >= 0.3 is 19.8 Å². The van der Waals surface area contributed by atoms with Crippen molar-refractivity contribution < 1.29 is 47.8 Å². The predicted octanol–water partition coefficient (Wildman–Crippen LogP) is 9.89. The van der Waals surface area contributed by atoms with E-state index in [2.05, 4.69) is 43.5 Å². The Morgan fingerprint density at radius 3 is 1.52 bits per heavy atom. The number of aliphatic carboxylic acids is 1. The number of nitrogens with one attached hydrogen (secondary N) is 1. The summed E-state index contributed by atoms with van der Waals surface area (Å²) in [7, 11) is -4.75. The Morgan fingerprint density at radius 1 is 0.596 bits per heavy atom. The van der Waals surface area contributed by atoms with Crippen LogP contribution in [0.1, 0.15) is 181 Å². The number of unbranched alkanes of at least 4 members (excludes halogenated alkanes) is 20. The number of rotatable bonds is 38. The van der Waals surface area contributed by atoms with E-state index in [4.69, 9.17) is 13.8 Å². The van der Waals surface area contributed by atoms with E-state index in [0.29, 0.717) is 12.8 Å². The average Bonchev–Trinajstić information content (AvgIpc) is 3.11. The Balaban J connectivity index is 3.91.